The van der Waals surface area contributed by atoms with Gasteiger partial charge in [0.05, 0.1) is 24.3 Å². The molecule has 0 saturated carbocycles. The molecule has 11 heteroatoms. The highest BCUT2D eigenvalue weighted by Crippen LogP contribution is 2.22. The van der Waals surface area contributed by atoms with Gasteiger partial charge in [0.25, 0.3) is 5.91 Å². The number of esters is 1. The number of hydrogen-bond donors (Lipinski definition) is 3. The summed E-state index contributed by atoms with van der Waals surface area (Å²) < 4.78 is 16.3. The molecule has 4 N–H and O–H groups in total. The Hall–Kier alpha value is -1.82. The zero-order chi connectivity index (χ0) is 25.3. The number of nitrogens with zero attached hydrogens (tertiary/aromatic N) is 1. The molecule has 0 aromatic rings. The highest BCUT2D eigenvalue weighted by Gasteiger charge is 2.35. The third-order valence-electron chi connectivity index (χ3n) is 6.53. The summed E-state index contributed by atoms with van der Waals surface area (Å²) in [6.45, 7) is 7.82. The van der Waals surface area contributed by atoms with Crippen molar-refractivity contribution in [3.05, 3.63) is 0 Å². The van der Waals surface area contributed by atoms with Crippen LogP contribution in [0.3, 0.4) is 0 Å². The van der Waals surface area contributed by atoms with Crippen molar-refractivity contribution in [2.24, 2.45) is 17.1 Å². The lowest BCUT2D eigenvalue weighted by molar-refractivity contribution is -0.155. The quantitative estimate of drug-likeness (QED) is 0.281. The van der Waals surface area contributed by atoms with Gasteiger partial charge in [-0.2, -0.15) is 0 Å². The molecule has 2 heterocycles. The van der Waals surface area contributed by atoms with Gasteiger partial charge in [-0.3, -0.25) is 19.4 Å². The molecule has 0 spiro atoms. The lowest BCUT2D eigenvalue weighted by Crippen LogP contribution is -2.60. The zero-order valence-electron chi connectivity index (χ0n) is 20.8. The maximum absolute atomic E-state index is 13.3. The summed E-state index contributed by atoms with van der Waals surface area (Å²) >= 11 is 5.01. The molecular formula is C23H40N4O6S. The van der Waals surface area contributed by atoms with E-state index in [2.05, 4.69) is 10.7 Å². The number of ether oxygens (including phenoxy) is 3. The molecule has 4 atom stereocenters. The summed E-state index contributed by atoms with van der Waals surface area (Å²) in [5, 5.41) is 4.15. The number of nitrogens with one attached hydrogen (secondary N) is 2. The summed E-state index contributed by atoms with van der Waals surface area (Å²) in [6.07, 6.45) is 2.83. The Labute approximate surface area is 207 Å². The molecule has 0 aliphatic carbocycles. The van der Waals surface area contributed by atoms with Crippen molar-refractivity contribution in [1.29, 1.82) is 0 Å². The molecule has 34 heavy (non-hydrogen) atoms. The number of carbonyl (C=O) groups is 3. The zero-order valence-corrected chi connectivity index (χ0v) is 21.6. The van der Waals surface area contributed by atoms with Gasteiger partial charge in [0.1, 0.15) is 12.1 Å². The Morgan fingerprint density at radius 2 is 2.06 bits per heavy atom. The van der Waals surface area contributed by atoms with Gasteiger partial charge in [0.2, 0.25) is 5.91 Å². The predicted molar refractivity (Wildman–Crippen MR) is 131 cm³/mol. The van der Waals surface area contributed by atoms with Crippen LogP contribution in [-0.2, 0) is 28.6 Å². The SMILES string of the molecule is CCC(C)(C)COC(=O)[C@@H]1CCCN(C(=O)[C@H](CC(N)=S)NC(=O)CC2CCOCC2OC)N1. The van der Waals surface area contributed by atoms with E-state index < -0.39 is 12.1 Å². The third kappa shape index (κ3) is 8.75. The number of thiocarbonyl (C=S) groups is 1. The average molecular weight is 501 g/mol. The van der Waals surface area contributed by atoms with Gasteiger partial charge in [0.15, 0.2) is 0 Å². The van der Waals surface area contributed by atoms with E-state index in [1.807, 2.05) is 20.8 Å². The molecule has 0 bridgehead atoms. The van der Waals surface area contributed by atoms with E-state index in [9.17, 15) is 14.4 Å². The van der Waals surface area contributed by atoms with Crippen LogP contribution in [0.15, 0.2) is 0 Å². The van der Waals surface area contributed by atoms with E-state index in [4.69, 9.17) is 32.2 Å². The van der Waals surface area contributed by atoms with E-state index in [1.54, 1.807) is 7.11 Å². The highest BCUT2D eigenvalue weighted by atomic mass is 32.1. The first-order valence-electron chi connectivity index (χ1n) is 12.0. The number of hydrogen-bond acceptors (Lipinski definition) is 8. The topological polar surface area (TPSA) is 132 Å². The molecule has 2 unspecified atom stereocenters. The van der Waals surface area contributed by atoms with Crippen LogP contribution in [0.1, 0.15) is 59.3 Å². The van der Waals surface area contributed by atoms with Crippen molar-refractivity contribution >= 4 is 35.0 Å². The monoisotopic (exact) mass is 500 g/mol. The minimum atomic E-state index is -0.924. The van der Waals surface area contributed by atoms with Crippen LogP contribution in [0.25, 0.3) is 0 Å². The number of carbonyl (C=O) groups excluding carboxylic acids is 3. The molecule has 0 aromatic heterocycles. The molecule has 2 saturated heterocycles. The molecule has 194 valence electrons. The van der Waals surface area contributed by atoms with Gasteiger partial charge in [0, 0.05) is 33.1 Å². The van der Waals surface area contributed by atoms with Crippen LogP contribution in [0.4, 0.5) is 0 Å². The van der Waals surface area contributed by atoms with E-state index >= 15 is 0 Å². The first kappa shape index (κ1) is 28.4. The minimum absolute atomic E-state index is 0.000959. The fourth-order valence-electron chi connectivity index (χ4n) is 3.92. The fourth-order valence-corrected chi connectivity index (χ4v) is 4.08. The predicted octanol–water partition coefficient (Wildman–Crippen LogP) is 1.06. The molecule has 2 amide bonds. The Morgan fingerprint density at radius 3 is 2.71 bits per heavy atom. The van der Waals surface area contributed by atoms with Gasteiger partial charge in [-0.25, -0.2) is 5.43 Å². The van der Waals surface area contributed by atoms with Gasteiger partial charge in [-0.05, 0) is 37.0 Å². The molecule has 2 rings (SSSR count). The average Bonchev–Trinajstić information content (AvgIpc) is 2.81. The number of rotatable bonds is 11. The number of methoxy groups -OCH3 is 1. The number of amides is 2. The van der Waals surface area contributed by atoms with Gasteiger partial charge in [-0.1, -0.05) is 33.0 Å². The second-order valence-electron chi connectivity index (χ2n) is 9.83. The third-order valence-corrected chi connectivity index (χ3v) is 6.70. The molecule has 0 radical (unpaired) electrons. The standard InChI is InChI=1S/C23H40N4O6S/c1-5-23(2,3)14-33-22(30)16-7-6-9-27(26-16)21(29)17(12-19(24)34)25-20(28)11-15-8-10-32-13-18(15)31-4/h15-18,26H,5-14H2,1-4H3,(H2,24,34)(H,25,28)/t15?,16-,17-,18?/m0/s1. The maximum Gasteiger partial charge on any atom is 0.324 e. The lowest BCUT2D eigenvalue weighted by atomic mass is 9.92. The van der Waals surface area contributed by atoms with Gasteiger partial charge < -0.3 is 25.3 Å². The number of nitrogens with two attached hydrogens (primary N) is 1. The summed E-state index contributed by atoms with van der Waals surface area (Å²) in [7, 11) is 1.59. The molecular weight excluding hydrogens is 460 g/mol. The van der Waals surface area contributed by atoms with Gasteiger partial charge in [-0.15, -0.1) is 0 Å². The van der Waals surface area contributed by atoms with Gasteiger partial charge >= 0.3 is 5.97 Å². The normalized spacial score (nSPS) is 24.2. The fraction of sp³-hybridized carbons (Fsp3) is 0.826. The van der Waals surface area contributed by atoms with Crippen molar-refractivity contribution in [1.82, 2.24) is 15.8 Å². The van der Waals surface area contributed by atoms with Crippen LogP contribution >= 0.6 is 12.2 Å². The van der Waals surface area contributed by atoms with Crippen LogP contribution in [0, 0.1) is 11.3 Å². The first-order chi connectivity index (χ1) is 16.1. The van der Waals surface area contributed by atoms with E-state index in [0.29, 0.717) is 45.6 Å². The molecule has 2 fully saturated rings. The highest BCUT2D eigenvalue weighted by molar-refractivity contribution is 7.80. The Balaban J connectivity index is 1.98. The smallest absolute Gasteiger partial charge is 0.324 e. The maximum atomic E-state index is 13.3. The molecule has 0 aromatic carbocycles. The summed E-state index contributed by atoms with van der Waals surface area (Å²) in [5.74, 6) is -1.06. The second-order valence-corrected chi connectivity index (χ2v) is 10.4. The van der Waals surface area contributed by atoms with Crippen molar-refractivity contribution in [2.75, 3.05) is 33.5 Å². The molecule has 2 aliphatic rings. The van der Waals surface area contributed by atoms with Crippen molar-refractivity contribution in [3.63, 3.8) is 0 Å². The van der Waals surface area contributed by atoms with Crippen molar-refractivity contribution < 1.29 is 28.6 Å². The van der Waals surface area contributed by atoms with Crippen LogP contribution in [-0.4, -0.2) is 79.4 Å². The minimum Gasteiger partial charge on any atom is -0.464 e. The second kappa shape index (κ2) is 13.3. The Kier molecular flexibility index (Phi) is 11.1. The van der Waals surface area contributed by atoms with Crippen LogP contribution < -0.4 is 16.5 Å². The number of hydrazine groups is 1. The van der Waals surface area contributed by atoms with E-state index in [-0.39, 0.29) is 53.1 Å². The summed E-state index contributed by atoms with van der Waals surface area (Å²) in [4.78, 5) is 38.7. The summed E-state index contributed by atoms with van der Waals surface area (Å²) in [6, 6.07) is -1.55. The van der Waals surface area contributed by atoms with E-state index in [0.717, 1.165) is 6.42 Å². The van der Waals surface area contributed by atoms with Crippen molar-refractivity contribution in [3.8, 4) is 0 Å². The lowest BCUT2D eigenvalue weighted by Gasteiger charge is -2.35. The molecule has 10 nitrogen and oxygen atoms in total. The summed E-state index contributed by atoms with van der Waals surface area (Å²) in [5.41, 5.74) is 8.57. The Bertz CT molecular complexity index is 734. The molecule has 2 aliphatic heterocycles. The first-order valence-corrected chi connectivity index (χ1v) is 12.4. The largest absolute Gasteiger partial charge is 0.464 e. The van der Waals surface area contributed by atoms with Crippen molar-refractivity contribution in [2.45, 2.75) is 77.5 Å². The van der Waals surface area contributed by atoms with E-state index in [1.165, 1.54) is 5.01 Å². The van der Waals surface area contributed by atoms with Crippen LogP contribution in [0.5, 0.6) is 0 Å². The van der Waals surface area contributed by atoms with Crippen LogP contribution in [0.2, 0.25) is 0 Å². The Morgan fingerprint density at radius 1 is 1.32 bits per heavy atom.